The molecule has 3 aromatic carbocycles. The summed E-state index contributed by atoms with van der Waals surface area (Å²) in [6.07, 6.45) is 2.92. The van der Waals surface area contributed by atoms with E-state index in [0.717, 1.165) is 23.0 Å². The molecular formula is C29H19F3IrN2-2. The predicted molar refractivity (Wildman–Crippen MR) is 127 cm³/mol. The van der Waals surface area contributed by atoms with Crippen LogP contribution in [0.1, 0.15) is 9.68 Å². The van der Waals surface area contributed by atoms with E-state index in [1.807, 2.05) is 60.8 Å². The molecule has 0 atom stereocenters. The van der Waals surface area contributed by atoms with E-state index in [1.54, 1.807) is 0 Å². The van der Waals surface area contributed by atoms with Crippen LogP contribution in [0.2, 0.25) is 0 Å². The Morgan fingerprint density at radius 3 is 2.14 bits per heavy atom. The van der Waals surface area contributed by atoms with Gasteiger partial charge in [0.05, 0.1) is 11.6 Å². The van der Waals surface area contributed by atoms with Gasteiger partial charge >= 0.3 is 0 Å². The Balaban J connectivity index is 0.000000205. The Kier molecular flexibility index (Phi) is 7.64. The van der Waals surface area contributed by atoms with Crippen molar-refractivity contribution in [2.24, 2.45) is 0 Å². The Morgan fingerprint density at radius 1 is 0.771 bits per heavy atom. The van der Waals surface area contributed by atoms with E-state index < -0.39 is 29.9 Å². The first-order chi connectivity index (χ1) is 17.7. The molecule has 177 valence electrons. The summed E-state index contributed by atoms with van der Waals surface area (Å²) in [5, 5.41) is 0. The molecule has 0 saturated heterocycles. The minimum Gasteiger partial charge on any atom is -0.304 e. The SMILES string of the molecule is [2H]C([2H])([2H])c1ccc(-c2[c-]c(F)cc(F)c2F)nc1.[Ir].[c-]1ccccc1-c1ccc(-c2ccccc2)cn1. The number of hydrogen-bond acceptors (Lipinski definition) is 2. The summed E-state index contributed by atoms with van der Waals surface area (Å²) in [6.45, 7) is -2.35. The maximum atomic E-state index is 13.5. The van der Waals surface area contributed by atoms with Gasteiger partial charge < -0.3 is 9.97 Å². The fourth-order valence-electron chi connectivity index (χ4n) is 3.13. The van der Waals surface area contributed by atoms with Crippen LogP contribution in [0.15, 0.2) is 97.3 Å². The van der Waals surface area contributed by atoms with Crippen molar-refractivity contribution >= 4 is 0 Å². The van der Waals surface area contributed by atoms with Crippen LogP contribution < -0.4 is 0 Å². The quantitative estimate of drug-likeness (QED) is 0.150. The van der Waals surface area contributed by atoms with Gasteiger partial charge in [0.25, 0.3) is 0 Å². The zero-order valence-corrected chi connectivity index (χ0v) is 20.5. The van der Waals surface area contributed by atoms with Crippen LogP contribution in [0, 0.1) is 36.4 Å². The second kappa shape index (κ2) is 12.2. The van der Waals surface area contributed by atoms with E-state index in [-0.39, 0.29) is 31.4 Å². The standard InChI is InChI=1S/C17H12N.C12H7F3N.Ir/c1-3-7-14(8-4-1)16-11-12-17(18-13-16)15-9-5-2-6-10-15;1-7-2-3-11(16-6-7)9-4-8(13)5-10(14)12(9)15;/h1-9,11-13H;2-3,5-6H,1H3;/q2*-1;/i;1D3;. The number of hydrogen-bond donors (Lipinski definition) is 0. The topological polar surface area (TPSA) is 25.8 Å². The average molecular weight is 648 g/mol. The summed E-state index contributed by atoms with van der Waals surface area (Å²) in [7, 11) is 0. The first-order valence-corrected chi connectivity index (χ1v) is 10.2. The van der Waals surface area contributed by atoms with Crippen molar-refractivity contribution in [1.29, 1.82) is 0 Å². The van der Waals surface area contributed by atoms with Gasteiger partial charge in [0.1, 0.15) is 0 Å². The van der Waals surface area contributed by atoms with Crippen molar-refractivity contribution in [3.8, 4) is 33.6 Å². The molecule has 0 aliphatic rings. The molecule has 2 aromatic heterocycles. The van der Waals surface area contributed by atoms with Crippen molar-refractivity contribution in [3.05, 3.63) is 132 Å². The molecule has 0 aliphatic carbocycles. The van der Waals surface area contributed by atoms with E-state index in [4.69, 9.17) is 4.11 Å². The molecule has 0 amide bonds. The molecule has 0 saturated carbocycles. The number of benzene rings is 3. The summed E-state index contributed by atoms with van der Waals surface area (Å²) < 4.78 is 61.0. The fraction of sp³-hybridized carbons (Fsp3) is 0.0345. The number of pyridine rings is 2. The molecule has 0 N–H and O–H groups in total. The number of rotatable bonds is 3. The van der Waals surface area contributed by atoms with Gasteiger partial charge in [-0.3, -0.25) is 4.39 Å². The maximum Gasteiger partial charge on any atom is 0.0792 e. The Hall–Kier alpha value is -3.60. The zero-order valence-electron chi connectivity index (χ0n) is 21.1. The van der Waals surface area contributed by atoms with Gasteiger partial charge in [-0.05, 0) is 34.9 Å². The molecule has 2 nitrogen and oxygen atoms in total. The molecule has 0 spiro atoms. The molecule has 5 aromatic rings. The third kappa shape index (κ3) is 6.72. The number of aromatic nitrogens is 2. The van der Waals surface area contributed by atoms with Crippen molar-refractivity contribution in [3.63, 3.8) is 0 Å². The van der Waals surface area contributed by atoms with Crippen LogP contribution in [-0.2, 0) is 20.1 Å². The second-order valence-corrected chi connectivity index (χ2v) is 7.16. The molecule has 0 fully saturated rings. The Morgan fingerprint density at radius 2 is 1.51 bits per heavy atom. The summed E-state index contributed by atoms with van der Waals surface area (Å²) >= 11 is 0. The maximum absolute atomic E-state index is 13.5. The number of aryl methyl sites for hydroxylation is 1. The third-order valence-electron chi connectivity index (χ3n) is 4.80. The molecule has 2 heterocycles. The number of nitrogens with zero attached hydrogens (tertiary/aromatic N) is 2. The van der Waals surface area contributed by atoms with Gasteiger partial charge in [0.2, 0.25) is 0 Å². The summed E-state index contributed by atoms with van der Waals surface area (Å²) in [5.41, 5.74) is 3.68. The van der Waals surface area contributed by atoms with Gasteiger partial charge in [-0.1, -0.05) is 66.2 Å². The van der Waals surface area contributed by atoms with E-state index in [9.17, 15) is 13.2 Å². The minimum atomic E-state index is -2.35. The third-order valence-corrected chi connectivity index (χ3v) is 4.80. The van der Waals surface area contributed by atoms with Crippen LogP contribution >= 0.6 is 0 Å². The van der Waals surface area contributed by atoms with Gasteiger partial charge in [-0.2, -0.15) is 0 Å². The van der Waals surface area contributed by atoms with E-state index >= 15 is 0 Å². The van der Waals surface area contributed by atoms with Crippen molar-refractivity contribution < 1.29 is 37.4 Å². The molecule has 0 bridgehead atoms. The molecular weight excluding hydrogens is 626 g/mol. The first-order valence-electron chi connectivity index (χ1n) is 11.7. The van der Waals surface area contributed by atoms with Crippen molar-refractivity contribution in [2.75, 3.05) is 0 Å². The minimum absolute atomic E-state index is 0. The molecule has 0 aliphatic heterocycles. The van der Waals surface area contributed by atoms with Crippen molar-refractivity contribution in [2.45, 2.75) is 6.85 Å². The molecule has 6 heteroatoms. The van der Waals surface area contributed by atoms with Gasteiger partial charge in [0, 0.05) is 42.4 Å². The van der Waals surface area contributed by atoms with Gasteiger partial charge in [0.15, 0.2) is 0 Å². The van der Waals surface area contributed by atoms with Crippen LogP contribution in [-0.4, -0.2) is 9.97 Å². The fourth-order valence-corrected chi connectivity index (χ4v) is 3.13. The van der Waals surface area contributed by atoms with Gasteiger partial charge in [-0.25, -0.2) is 8.78 Å². The number of halogens is 3. The van der Waals surface area contributed by atoms with Crippen LogP contribution in [0.4, 0.5) is 13.2 Å². The summed E-state index contributed by atoms with van der Waals surface area (Å²) in [6, 6.07) is 30.2. The van der Waals surface area contributed by atoms with E-state index in [0.29, 0.717) is 6.07 Å². The van der Waals surface area contributed by atoms with Gasteiger partial charge in [-0.15, -0.1) is 42.0 Å². The molecule has 35 heavy (non-hydrogen) atoms. The first kappa shape index (κ1) is 21.9. The smallest absolute Gasteiger partial charge is 0.0792 e. The second-order valence-electron chi connectivity index (χ2n) is 7.16. The predicted octanol–water partition coefficient (Wildman–Crippen LogP) is 7.49. The molecule has 1 radical (unpaired) electrons. The largest absolute Gasteiger partial charge is 0.304 e. The normalized spacial score (nSPS) is 11.7. The molecule has 5 rings (SSSR count). The van der Waals surface area contributed by atoms with Crippen LogP contribution in [0.3, 0.4) is 0 Å². The van der Waals surface area contributed by atoms with E-state index in [2.05, 4.69) is 34.2 Å². The zero-order chi connectivity index (χ0) is 26.4. The van der Waals surface area contributed by atoms with Crippen molar-refractivity contribution in [1.82, 2.24) is 9.97 Å². The van der Waals surface area contributed by atoms with E-state index in [1.165, 1.54) is 17.7 Å². The average Bonchev–Trinajstić information content (AvgIpc) is 2.92. The summed E-state index contributed by atoms with van der Waals surface area (Å²) in [5.74, 6) is -3.70. The van der Waals surface area contributed by atoms with Crippen LogP contribution in [0.25, 0.3) is 33.6 Å². The Bertz CT molecular complexity index is 1410. The summed E-state index contributed by atoms with van der Waals surface area (Å²) in [4.78, 5) is 8.19. The monoisotopic (exact) mass is 648 g/mol. The van der Waals surface area contributed by atoms with Crippen LogP contribution in [0.5, 0.6) is 0 Å². The Labute approximate surface area is 220 Å². The molecule has 0 unspecified atom stereocenters.